The van der Waals surface area contributed by atoms with Crippen LogP contribution in [0.15, 0.2) is 16.8 Å². The zero-order chi connectivity index (χ0) is 14.7. The molecule has 1 aromatic rings. The summed E-state index contributed by atoms with van der Waals surface area (Å²) in [6.45, 7) is 3.37. The van der Waals surface area contributed by atoms with Crippen LogP contribution in [0, 0.1) is 0 Å². The summed E-state index contributed by atoms with van der Waals surface area (Å²) in [5.74, 6) is 0.291. The Hall–Kier alpha value is -0.910. The molecule has 5 heteroatoms. The van der Waals surface area contributed by atoms with Crippen molar-refractivity contribution in [3.63, 3.8) is 0 Å². The molecule has 1 saturated heterocycles. The van der Waals surface area contributed by atoms with Gasteiger partial charge in [0, 0.05) is 44.7 Å². The third-order valence-electron chi connectivity index (χ3n) is 4.57. The number of amides is 1. The van der Waals surface area contributed by atoms with E-state index in [4.69, 9.17) is 5.73 Å². The molecule has 1 unspecified atom stereocenters. The highest BCUT2D eigenvalue weighted by Crippen LogP contribution is 2.31. The summed E-state index contributed by atoms with van der Waals surface area (Å²) < 4.78 is 0. The minimum Gasteiger partial charge on any atom is -0.343 e. The summed E-state index contributed by atoms with van der Waals surface area (Å²) in [6.07, 6.45) is 5.38. The van der Waals surface area contributed by atoms with Crippen molar-refractivity contribution in [1.29, 1.82) is 0 Å². The van der Waals surface area contributed by atoms with Crippen molar-refractivity contribution in [3.05, 3.63) is 22.4 Å². The van der Waals surface area contributed by atoms with Crippen LogP contribution in [0.3, 0.4) is 0 Å². The molecule has 1 aliphatic carbocycles. The van der Waals surface area contributed by atoms with Gasteiger partial charge >= 0.3 is 0 Å². The fourth-order valence-corrected chi connectivity index (χ4v) is 3.85. The van der Waals surface area contributed by atoms with Crippen molar-refractivity contribution in [2.45, 2.75) is 50.7 Å². The van der Waals surface area contributed by atoms with Gasteiger partial charge in [0.05, 0.1) is 0 Å². The second-order valence-electron chi connectivity index (χ2n) is 6.22. The summed E-state index contributed by atoms with van der Waals surface area (Å²) in [6, 6.07) is 2.99. The highest BCUT2D eigenvalue weighted by Gasteiger charge is 2.35. The monoisotopic (exact) mass is 307 g/mol. The van der Waals surface area contributed by atoms with Gasteiger partial charge in [-0.1, -0.05) is 0 Å². The Balaban J connectivity index is 1.62. The Kier molecular flexibility index (Phi) is 4.93. The Bertz CT molecular complexity index is 452. The fourth-order valence-electron chi connectivity index (χ4n) is 3.19. The van der Waals surface area contributed by atoms with E-state index >= 15 is 0 Å². The molecule has 1 amide bonds. The highest BCUT2D eigenvalue weighted by molar-refractivity contribution is 7.07. The molecule has 1 aliphatic heterocycles. The van der Waals surface area contributed by atoms with Crippen molar-refractivity contribution in [1.82, 2.24) is 9.80 Å². The largest absolute Gasteiger partial charge is 0.343 e. The Morgan fingerprint density at radius 1 is 1.43 bits per heavy atom. The number of carbonyl (C=O) groups is 1. The third kappa shape index (κ3) is 3.84. The fraction of sp³-hybridized carbons (Fsp3) is 0.688. The minimum absolute atomic E-state index is 0.186. The van der Waals surface area contributed by atoms with Gasteiger partial charge in [-0.2, -0.15) is 11.3 Å². The van der Waals surface area contributed by atoms with Crippen molar-refractivity contribution in [3.8, 4) is 0 Å². The molecule has 0 spiro atoms. The second kappa shape index (κ2) is 6.90. The van der Waals surface area contributed by atoms with Gasteiger partial charge < -0.3 is 10.6 Å². The quantitative estimate of drug-likeness (QED) is 0.839. The molecule has 0 bridgehead atoms. The van der Waals surface area contributed by atoms with Crippen LogP contribution in [-0.4, -0.2) is 47.4 Å². The average Bonchev–Trinajstić information content (AvgIpc) is 2.98. The lowest BCUT2D eigenvalue weighted by molar-refractivity contribution is -0.131. The number of thiophene rings is 1. The lowest BCUT2D eigenvalue weighted by Crippen LogP contribution is -2.45. The van der Waals surface area contributed by atoms with Gasteiger partial charge in [0.25, 0.3) is 0 Å². The minimum atomic E-state index is 0.186. The standard InChI is InChI=1S/C16H25N3OS/c17-10-15(9-16(20)18-6-1-2-7-18)19(14-3-4-14)11-13-5-8-21-12-13/h5,8,12,14-15H,1-4,6-7,9-11,17H2. The smallest absolute Gasteiger partial charge is 0.224 e. The first-order valence-corrected chi connectivity index (χ1v) is 8.97. The zero-order valence-electron chi connectivity index (χ0n) is 12.5. The Morgan fingerprint density at radius 2 is 2.19 bits per heavy atom. The summed E-state index contributed by atoms with van der Waals surface area (Å²) in [7, 11) is 0. The van der Waals surface area contributed by atoms with Gasteiger partial charge in [-0.25, -0.2) is 0 Å². The maximum atomic E-state index is 12.4. The predicted molar refractivity (Wildman–Crippen MR) is 86.2 cm³/mol. The van der Waals surface area contributed by atoms with E-state index in [9.17, 15) is 4.79 Å². The Morgan fingerprint density at radius 3 is 2.76 bits per heavy atom. The van der Waals surface area contributed by atoms with E-state index in [0.717, 1.165) is 32.5 Å². The van der Waals surface area contributed by atoms with Crippen molar-refractivity contribution >= 4 is 17.2 Å². The highest BCUT2D eigenvalue weighted by atomic mass is 32.1. The van der Waals surface area contributed by atoms with Crippen LogP contribution in [0.5, 0.6) is 0 Å². The first kappa shape index (κ1) is 15.0. The van der Waals surface area contributed by atoms with E-state index in [0.29, 0.717) is 24.9 Å². The normalized spacial score (nSPS) is 20.2. The third-order valence-corrected chi connectivity index (χ3v) is 5.30. The molecule has 2 fully saturated rings. The van der Waals surface area contributed by atoms with Gasteiger partial charge in [0.1, 0.15) is 0 Å². The number of likely N-dealkylation sites (tertiary alicyclic amines) is 1. The molecular formula is C16H25N3OS. The molecule has 116 valence electrons. The maximum Gasteiger partial charge on any atom is 0.224 e. The van der Waals surface area contributed by atoms with Crippen LogP contribution in [0.2, 0.25) is 0 Å². The lowest BCUT2D eigenvalue weighted by atomic mass is 10.1. The Labute approximate surface area is 130 Å². The van der Waals surface area contributed by atoms with Gasteiger partial charge in [0.2, 0.25) is 5.91 Å². The summed E-state index contributed by atoms with van der Waals surface area (Å²) in [5, 5.41) is 4.32. The second-order valence-corrected chi connectivity index (χ2v) is 7.00. The predicted octanol–water partition coefficient (Wildman–Crippen LogP) is 2.05. The average molecular weight is 307 g/mol. The molecule has 0 aromatic carbocycles. The molecule has 2 N–H and O–H groups in total. The first-order chi connectivity index (χ1) is 10.3. The van der Waals surface area contributed by atoms with Gasteiger partial charge in [0.15, 0.2) is 0 Å². The molecular weight excluding hydrogens is 282 g/mol. The van der Waals surface area contributed by atoms with Crippen molar-refractivity contribution in [2.75, 3.05) is 19.6 Å². The molecule has 21 heavy (non-hydrogen) atoms. The number of hydrogen-bond donors (Lipinski definition) is 1. The molecule has 2 heterocycles. The molecule has 2 aliphatic rings. The summed E-state index contributed by atoms with van der Waals surface area (Å²) in [5.41, 5.74) is 7.35. The first-order valence-electron chi connectivity index (χ1n) is 8.02. The van der Waals surface area contributed by atoms with Crippen LogP contribution in [0.1, 0.15) is 37.7 Å². The van der Waals surface area contributed by atoms with Gasteiger partial charge in [-0.05, 0) is 48.1 Å². The topological polar surface area (TPSA) is 49.6 Å². The summed E-state index contributed by atoms with van der Waals surface area (Å²) in [4.78, 5) is 16.9. The van der Waals surface area contributed by atoms with E-state index in [-0.39, 0.29) is 6.04 Å². The van der Waals surface area contributed by atoms with E-state index in [1.165, 1.54) is 18.4 Å². The van der Waals surface area contributed by atoms with E-state index in [2.05, 4.69) is 21.7 Å². The van der Waals surface area contributed by atoms with Gasteiger partial charge in [-0.15, -0.1) is 0 Å². The number of nitrogens with two attached hydrogens (primary N) is 1. The molecule has 0 radical (unpaired) electrons. The molecule has 1 saturated carbocycles. The number of rotatable bonds is 7. The van der Waals surface area contributed by atoms with Crippen molar-refractivity contribution in [2.24, 2.45) is 5.73 Å². The van der Waals surface area contributed by atoms with Crippen LogP contribution in [-0.2, 0) is 11.3 Å². The number of carbonyl (C=O) groups excluding carboxylic acids is 1. The molecule has 4 nitrogen and oxygen atoms in total. The van der Waals surface area contributed by atoms with Crippen LogP contribution < -0.4 is 5.73 Å². The van der Waals surface area contributed by atoms with E-state index < -0.39 is 0 Å². The number of hydrogen-bond acceptors (Lipinski definition) is 4. The van der Waals surface area contributed by atoms with Crippen LogP contribution >= 0.6 is 11.3 Å². The SMILES string of the molecule is NCC(CC(=O)N1CCCC1)N(Cc1ccsc1)C1CC1. The molecule has 1 aromatic heterocycles. The van der Waals surface area contributed by atoms with Crippen molar-refractivity contribution < 1.29 is 4.79 Å². The van der Waals surface area contributed by atoms with Crippen LogP contribution in [0.4, 0.5) is 0 Å². The van der Waals surface area contributed by atoms with E-state index in [1.54, 1.807) is 11.3 Å². The molecule has 1 atom stereocenters. The zero-order valence-corrected chi connectivity index (χ0v) is 13.4. The number of nitrogens with zero attached hydrogens (tertiary/aromatic N) is 2. The maximum absolute atomic E-state index is 12.4. The van der Waals surface area contributed by atoms with Crippen LogP contribution in [0.25, 0.3) is 0 Å². The molecule has 3 rings (SSSR count). The summed E-state index contributed by atoms with van der Waals surface area (Å²) >= 11 is 1.73. The van der Waals surface area contributed by atoms with E-state index in [1.807, 2.05) is 4.90 Å². The van der Waals surface area contributed by atoms with Gasteiger partial charge in [-0.3, -0.25) is 9.69 Å². The lowest BCUT2D eigenvalue weighted by Gasteiger charge is -2.31.